The van der Waals surface area contributed by atoms with E-state index in [1.807, 2.05) is 0 Å². The van der Waals surface area contributed by atoms with E-state index in [1.165, 1.54) is 6.92 Å². The predicted octanol–water partition coefficient (Wildman–Crippen LogP) is -6.17. The summed E-state index contributed by atoms with van der Waals surface area (Å²) in [5.74, 6) is -5.30. The highest BCUT2D eigenvalue weighted by molar-refractivity contribution is 5.97. The molecule has 0 saturated carbocycles. The molecule has 13 N–H and O–H groups in total. The number of carbonyl (C=O) groups excluding carboxylic acids is 9. The fourth-order valence-corrected chi connectivity index (χ4v) is 6.53. The summed E-state index contributed by atoms with van der Waals surface area (Å²) < 4.78 is 27.5. The minimum absolute atomic E-state index is 0. The van der Waals surface area contributed by atoms with E-state index in [1.54, 1.807) is 76.2 Å². The number of hydrogen-bond donors (Lipinski definition) is 12. The fraction of sp³-hybridized carbons (Fsp3) is 0.767. The van der Waals surface area contributed by atoms with Crippen LogP contribution in [0.4, 0.5) is 14.4 Å². The molecule has 0 unspecified atom stereocenters. The van der Waals surface area contributed by atoms with Crippen LogP contribution in [-0.4, -0.2) is 164 Å². The van der Waals surface area contributed by atoms with Gasteiger partial charge in [0.05, 0.1) is 6.54 Å². The highest BCUT2D eigenvalue weighted by Gasteiger charge is 2.40. The lowest BCUT2D eigenvalue weighted by atomic mass is 10.0. The first-order valence-electron chi connectivity index (χ1n) is 23.1. The third-order valence-electron chi connectivity index (χ3n) is 9.54. The van der Waals surface area contributed by atoms with E-state index in [-0.39, 0.29) is 63.8 Å². The summed E-state index contributed by atoms with van der Waals surface area (Å²) in [6, 6.07) is -9.40. The zero-order valence-corrected chi connectivity index (χ0v) is 43.1. The quantitative estimate of drug-likeness (QED) is 0.0389. The van der Waals surface area contributed by atoms with E-state index >= 15 is 0 Å². The Morgan fingerprint density at radius 1 is 0.729 bits per heavy atom. The van der Waals surface area contributed by atoms with Gasteiger partial charge in [0.15, 0.2) is 12.3 Å². The maximum Gasteiger partial charge on any atom is 0.408 e. The lowest BCUT2D eigenvalue weighted by molar-refractivity contribution is -0.513. The molecule has 2 heterocycles. The standard InChI is InChI=1S/C43H76N12O14.ClH/c1-13-65-36(66-14-2)30-35(61)54-29(25-17-19-45-37(44)52-25)34(60)48-22-27(53-40(64)69-43(10,11)12)32(58)49-23(3)31(57)51-26(33(59)55-30)21-47-28(56)20-24(50-39(63)68-42(7,8)9)16-15-18-46-38(62)67-41(4,5)6;/h23-27,29-30,36H,13-22H2,1-12H3,(H,46,62)(H,47,56)(H,48,60)(H,49,58)(H,50,63)(H,51,57)(H,53,64)(H,54,61)(H,55,59)(H3,44,45,52);1H/t23-,24-,25+,26-,27-,29-,30-;/m0./s1. The highest BCUT2D eigenvalue weighted by Crippen LogP contribution is 2.12. The summed E-state index contributed by atoms with van der Waals surface area (Å²) in [4.78, 5) is 125. The Hall–Kier alpha value is -5.89. The molecule has 27 heteroatoms. The number of nitrogens with two attached hydrogens (primary N) is 1. The van der Waals surface area contributed by atoms with Crippen LogP contribution in [-0.2, 0) is 52.5 Å². The minimum atomic E-state index is -1.69. The number of rotatable bonds is 16. The SMILES string of the molecule is CCOC(OCC)[C@H]1NC(=O)[C@H](CNC(=O)C[C@H](CCCNC(=O)OC(C)(C)C)NC(=O)OC(C)(C)C)NC(=O)[C@H](C)NC(=O)[C@@H](NC(=O)OC(C)(C)C)CNC(=O)[C@H]([C@H]2CCNC(N)=[NH+]2)NC1=O.[Cl-]. The van der Waals surface area contributed by atoms with Gasteiger partial charge in [-0.1, -0.05) is 0 Å². The average Bonchev–Trinajstić information content (AvgIpc) is 3.20. The van der Waals surface area contributed by atoms with Crippen molar-refractivity contribution in [3.8, 4) is 0 Å². The first-order chi connectivity index (χ1) is 32.0. The Bertz CT molecular complexity index is 1830. The van der Waals surface area contributed by atoms with Crippen LogP contribution in [0.5, 0.6) is 0 Å². The van der Waals surface area contributed by atoms with Crippen molar-refractivity contribution in [2.24, 2.45) is 5.73 Å². The van der Waals surface area contributed by atoms with Crippen LogP contribution in [0.3, 0.4) is 0 Å². The molecule has 0 aliphatic carbocycles. The molecule has 9 amide bonds. The molecule has 1 fully saturated rings. The summed E-state index contributed by atoms with van der Waals surface area (Å²) >= 11 is 0. The van der Waals surface area contributed by atoms with E-state index in [9.17, 15) is 43.2 Å². The van der Waals surface area contributed by atoms with Gasteiger partial charge in [-0.25, -0.2) is 14.4 Å². The Labute approximate surface area is 415 Å². The number of amides is 9. The van der Waals surface area contributed by atoms with Gasteiger partial charge in [0, 0.05) is 51.7 Å². The Kier molecular flexibility index (Phi) is 25.5. The normalized spacial score (nSPS) is 22.4. The molecule has 2 rings (SSSR count). The van der Waals surface area contributed by atoms with Gasteiger partial charge in [0.2, 0.25) is 35.4 Å². The molecule has 2 aliphatic rings. The average molecular weight is 1020 g/mol. The smallest absolute Gasteiger partial charge is 0.408 e. The molecule has 2 aliphatic heterocycles. The van der Waals surface area contributed by atoms with E-state index in [2.05, 4.69) is 58.2 Å². The number of carbonyl (C=O) groups is 9. The van der Waals surface area contributed by atoms with Crippen LogP contribution >= 0.6 is 0 Å². The Morgan fingerprint density at radius 2 is 1.31 bits per heavy atom. The summed E-state index contributed by atoms with van der Waals surface area (Å²) in [5, 5.41) is 25.9. The summed E-state index contributed by atoms with van der Waals surface area (Å²) in [6.45, 7) is 18.7. The van der Waals surface area contributed by atoms with E-state index in [0.29, 0.717) is 6.54 Å². The third kappa shape index (κ3) is 24.1. The number of alkyl carbamates (subject to hydrolysis) is 3. The van der Waals surface area contributed by atoms with E-state index < -0.39 is 132 Å². The van der Waals surface area contributed by atoms with Gasteiger partial charge < -0.3 is 83.9 Å². The Balaban J connectivity index is 0.0000245. The highest BCUT2D eigenvalue weighted by atomic mass is 35.5. The van der Waals surface area contributed by atoms with Gasteiger partial charge in [0.25, 0.3) is 0 Å². The molecule has 0 aromatic heterocycles. The molecule has 26 nitrogen and oxygen atoms in total. The zero-order valence-electron chi connectivity index (χ0n) is 42.4. The number of halogens is 1. The van der Waals surface area contributed by atoms with Gasteiger partial charge in [-0.05, 0) is 95.9 Å². The van der Waals surface area contributed by atoms with Crippen molar-refractivity contribution in [2.75, 3.05) is 39.4 Å². The van der Waals surface area contributed by atoms with Crippen LogP contribution < -0.4 is 76.3 Å². The van der Waals surface area contributed by atoms with Crippen LogP contribution in [0.15, 0.2) is 0 Å². The van der Waals surface area contributed by atoms with Crippen molar-refractivity contribution in [1.82, 2.24) is 53.2 Å². The van der Waals surface area contributed by atoms with Gasteiger partial charge in [-0.15, -0.1) is 0 Å². The molecular formula is C43H77ClN12O14. The van der Waals surface area contributed by atoms with E-state index in [0.717, 1.165) is 0 Å². The molecule has 70 heavy (non-hydrogen) atoms. The second-order valence-corrected chi connectivity index (χ2v) is 19.3. The molecule has 7 atom stereocenters. The van der Waals surface area contributed by atoms with Crippen molar-refractivity contribution >= 4 is 59.7 Å². The van der Waals surface area contributed by atoms with Crippen LogP contribution in [0.2, 0.25) is 0 Å². The molecule has 1 saturated heterocycles. The second-order valence-electron chi connectivity index (χ2n) is 19.3. The van der Waals surface area contributed by atoms with Crippen molar-refractivity contribution in [2.45, 2.75) is 174 Å². The molecule has 0 aromatic carbocycles. The molecule has 0 aromatic rings. The lowest BCUT2D eigenvalue weighted by Crippen LogP contribution is -3.00. The maximum atomic E-state index is 14.4. The summed E-state index contributed by atoms with van der Waals surface area (Å²) in [5.41, 5.74) is 3.42. The molecule has 400 valence electrons. The monoisotopic (exact) mass is 1020 g/mol. The fourth-order valence-electron chi connectivity index (χ4n) is 6.53. The number of ether oxygens (including phenoxy) is 5. The molecule has 0 bridgehead atoms. The third-order valence-corrected chi connectivity index (χ3v) is 9.54. The molecule has 0 spiro atoms. The largest absolute Gasteiger partial charge is 1.00 e. The van der Waals surface area contributed by atoms with Gasteiger partial charge in [0.1, 0.15) is 47.0 Å². The van der Waals surface area contributed by atoms with Crippen molar-refractivity contribution in [1.29, 1.82) is 0 Å². The van der Waals surface area contributed by atoms with Crippen LogP contribution in [0.25, 0.3) is 0 Å². The van der Waals surface area contributed by atoms with Crippen molar-refractivity contribution in [3.63, 3.8) is 0 Å². The zero-order chi connectivity index (χ0) is 52.3. The Morgan fingerprint density at radius 3 is 1.89 bits per heavy atom. The van der Waals surface area contributed by atoms with Crippen molar-refractivity contribution < 1.29 is 84.2 Å². The van der Waals surface area contributed by atoms with Crippen molar-refractivity contribution in [3.05, 3.63) is 0 Å². The summed E-state index contributed by atoms with van der Waals surface area (Å²) in [7, 11) is 0. The molecular weight excluding hydrogens is 944 g/mol. The van der Waals surface area contributed by atoms with Crippen LogP contribution in [0, 0.1) is 0 Å². The minimum Gasteiger partial charge on any atom is -1.00 e. The first kappa shape index (κ1) is 62.1. The predicted molar refractivity (Wildman–Crippen MR) is 247 cm³/mol. The van der Waals surface area contributed by atoms with Gasteiger partial charge in [-0.2, -0.15) is 0 Å². The molecule has 0 radical (unpaired) electrons. The van der Waals surface area contributed by atoms with E-state index in [4.69, 9.17) is 29.4 Å². The topological polar surface area (TPSA) is 360 Å². The number of nitrogens with one attached hydrogen (secondary N) is 11. The van der Waals surface area contributed by atoms with Crippen LogP contribution in [0.1, 0.15) is 109 Å². The number of hydrogen-bond acceptors (Lipinski definition) is 16. The second kappa shape index (κ2) is 28.7. The van der Waals surface area contributed by atoms with Gasteiger partial charge >= 0.3 is 24.2 Å². The lowest BCUT2D eigenvalue weighted by Gasteiger charge is -2.32. The van der Waals surface area contributed by atoms with Gasteiger partial charge in [-0.3, -0.25) is 44.8 Å². The summed E-state index contributed by atoms with van der Waals surface area (Å²) in [6.07, 6.45) is -3.58. The number of guanidine groups is 1. The first-order valence-corrected chi connectivity index (χ1v) is 23.1. The maximum absolute atomic E-state index is 14.4.